The van der Waals surface area contributed by atoms with E-state index in [4.69, 9.17) is 11.6 Å². The Morgan fingerprint density at radius 2 is 1.77 bits per heavy atom. The summed E-state index contributed by atoms with van der Waals surface area (Å²) in [5, 5.41) is 0.581. The van der Waals surface area contributed by atoms with Crippen molar-refractivity contribution in [3.05, 3.63) is 87.7 Å². The monoisotopic (exact) mass is 471 g/mol. The van der Waals surface area contributed by atoms with Crippen LogP contribution < -0.4 is 9.52 Å². The van der Waals surface area contributed by atoms with E-state index in [0.717, 1.165) is 15.8 Å². The number of anilines is 1. The molecule has 0 aliphatic carbocycles. The van der Waals surface area contributed by atoms with Gasteiger partial charge in [-0.2, -0.15) is 4.99 Å². The first-order valence-corrected chi connectivity index (χ1v) is 11.9. The van der Waals surface area contributed by atoms with E-state index < -0.39 is 15.9 Å². The number of amides is 1. The van der Waals surface area contributed by atoms with Crippen molar-refractivity contribution in [2.24, 2.45) is 12.0 Å². The Kier molecular flexibility index (Phi) is 5.70. The van der Waals surface area contributed by atoms with Gasteiger partial charge in [-0.3, -0.25) is 9.52 Å². The van der Waals surface area contributed by atoms with E-state index in [-0.39, 0.29) is 16.1 Å². The van der Waals surface area contributed by atoms with Crippen molar-refractivity contribution in [2.45, 2.75) is 11.8 Å². The largest absolute Gasteiger partial charge is 0.318 e. The van der Waals surface area contributed by atoms with Gasteiger partial charge in [-0.25, -0.2) is 8.42 Å². The van der Waals surface area contributed by atoms with Crippen molar-refractivity contribution in [2.75, 3.05) is 4.72 Å². The quantitative estimate of drug-likeness (QED) is 0.466. The summed E-state index contributed by atoms with van der Waals surface area (Å²) < 4.78 is 30.5. The van der Waals surface area contributed by atoms with E-state index in [1.807, 2.05) is 19.1 Å². The molecule has 0 fully saturated rings. The Balaban J connectivity index is 1.65. The van der Waals surface area contributed by atoms with Crippen molar-refractivity contribution >= 4 is 54.8 Å². The molecule has 1 N–H and O–H groups in total. The van der Waals surface area contributed by atoms with Crippen molar-refractivity contribution in [3.8, 4) is 0 Å². The first-order valence-electron chi connectivity index (χ1n) is 9.27. The topological polar surface area (TPSA) is 80.5 Å². The summed E-state index contributed by atoms with van der Waals surface area (Å²) in [7, 11) is -1.97. The number of benzene rings is 3. The van der Waals surface area contributed by atoms with Gasteiger partial charge in [0.05, 0.1) is 20.1 Å². The smallest absolute Gasteiger partial charge is 0.279 e. The van der Waals surface area contributed by atoms with Crippen molar-refractivity contribution in [1.82, 2.24) is 4.57 Å². The summed E-state index contributed by atoms with van der Waals surface area (Å²) in [5.74, 6) is -0.477. The fourth-order valence-corrected chi connectivity index (χ4v) is 5.51. The van der Waals surface area contributed by atoms with E-state index in [0.29, 0.717) is 9.82 Å². The van der Waals surface area contributed by atoms with Crippen LogP contribution in [0.1, 0.15) is 15.9 Å². The molecule has 0 saturated carbocycles. The number of thiazole rings is 1. The van der Waals surface area contributed by atoms with E-state index in [2.05, 4.69) is 9.71 Å². The molecular weight excluding hydrogens is 454 g/mol. The molecular formula is C22H18ClN3O3S2. The summed E-state index contributed by atoms with van der Waals surface area (Å²) in [6.45, 7) is 1.88. The number of hydrogen-bond acceptors (Lipinski definition) is 4. The van der Waals surface area contributed by atoms with Crippen LogP contribution in [0.25, 0.3) is 10.2 Å². The fourth-order valence-electron chi connectivity index (χ4n) is 3.06. The van der Waals surface area contributed by atoms with Crippen LogP contribution in [0.3, 0.4) is 0 Å². The van der Waals surface area contributed by atoms with Crippen molar-refractivity contribution in [3.63, 3.8) is 0 Å². The molecule has 0 aliphatic rings. The van der Waals surface area contributed by atoms with E-state index >= 15 is 0 Å². The predicted molar refractivity (Wildman–Crippen MR) is 124 cm³/mol. The van der Waals surface area contributed by atoms with Crippen LogP contribution in [0.15, 0.2) is 76.6 Å². The molecule has 1 amide bonds. The highest BCUT2D eigenvalue weighted by molar-refractivity contribution is 7.92. The number of para-hydroxylation sites is 1. The number of carbonyl (C=O) groups excluding carboxylic acids is 1. The van der Waals surface area contributed by atoms with Gasteiger partial charge < -0.3 is 4.57 Å². The van der Waals surface area contributed by atoms with Gasteiger partial charge in [0, 0.05) is 18.3 Å². The molecule has 3 aromatic carbocycles. The van der Waals surface area contributed by atoms with Gasteiger partial charge in [0.15, 0.2) is 4.80 Å². The molecule has 0 aliphatic heterocycles. The van der Waals surface area contributed by atoms with Crippen LogP contribution in [0, 0.1) is 6.92 Å². The van der Waals surface area contributed by atoms with Gasteiger partial charge >= 0.3 is 0 Å². The molecule has 0 spiro atoms. The van der Waals surface area contributed by atoms with Gasteiger partial charge in [-0.1, -0.05) is 52.8 Å². The lowest BCUT2D eigenvalue weighted by Gasteiger charge is -2.09. The number of halogens is 1. The molecule has 4 rings (SSSR count). The number of hydrogen-bond donors (Lipinski definition) is 1. The zero-order chi connectivity index (χ0) is 22.2. The number of aryl methyl sites for hydroxylation is 2. The Morgan fingerprint density at radius 3 is 2.48 bits per heavy atom. The maximum Gasteiger partial charge on any atom is 0.279 e. The Bertz CT molecular complexity index is 1470. The maximum absolute atomic E-state index is 12.8. The number of nitrogens with one attached hydrogen (secondary N) is 1. The minimum absolute atomic E-state index is 0.147. The second-order valence-electron chi connectivity index (χ2n) is 6.95. The Labute approximate surface area is 188 Å². The van der Waals surface area contributed by atoms with Crippen LogP contribution in [-0.2, 0) is 17.1 Å². The first-order chi connectivity index (χ1) is 14.7. The van der Waals surface area contributed by atoms with E-state index in [1.165, 1.54) is 29.5 Å². The third-order valence-electron chi connectivity index (χ3n) is 4.66. The molecule has 31 heavy (non-hydrogen) atoms. The molecule has 0 unspecified atom stereocenters. The second kappa shape index (κ2) is 8.30. The number of rotatable bonds is 4. The van der Waals surface area contributed by atoms with Gasteiger partial charge in [-0.15, -0.1) is 0 Å². The molecule has 0 saturated heterocycles. The minimum atomic E-state index is -3.77. The standard InChI is InChI=1S/C22H18ClN3O3S2/c1-14-9-11-17(12-10-14)31(28,29)25-16-6-3-5-15(13-16)21(27)24-22-26(2)20-18(23)7-4-8-19(20)30-22/h3-13,25H,1-2H3. The SMILES string of the molecule is Cc1ccc(S(=O)(=O)Nc2cccc(C(=O)N=c3sc4cccc(Cl)c4n3C)c2)cc1. The van der Waals surface area contributed by atoms with E-state index in [9.17, 15) is 13.2 Å². The molecule has 0 radical (unpaired) electrons. The van der Waals surface area contributed by atoms with Crippen LogP contribution in [0.5, 0.6) is 0 Å². The molecule has 1 heterocycles. The summed E-state index contributed by atoms with van der Waals surface area (Å²) in [6.07, 6.45) is 0. The summed E-state index contributed by atoms with van der Waals surface area (Å²) >= 11 is 7.62. The molecule has 1 aromatic heterocycles. The highest BCUT2D eigenvalue weighted by atomic mass is 35.5. The predicted octanol–water partition coefficient (Wildman–Crippen LogP) is 4.74. The lowest BCUT2D eigenvalue weighted by molar-refractivity contribution is 0.0998. The summed E-state index contributed by atoms with van der Waals surface area (Å²) in [6, 6.07) is 18.3. The fraction of sp³-hybridized carbons (Fsp3) is 0.0909. The zero-order valence-corrected chi connectivity index (χ0v) is 19.1. The average molecular weight is 472 g/mol. The molecule has 6 nitrogen and oxygen atoms in total. The van der Waals surface area contributed by atoms with Crippen LogP contribution in [-0.4, -0.2) is 18.9 Å². The van der Waals surface area contributed by atoms with Gasteiger partial charge in [0.25, 0.3) is 15.9 Å². The van der Waals surface area contributed by atoms with Gasteiger partial charge in [0.2, 0.25) is 0 Å². The third kappa shape index (κ3) is 4.41. The Hall–Kier alpha value is -2.94. The lowest BCUT2D eigenvalue weighted by atomic mass is 10.2. The second-order valence-corrected chi connectivity index (χ2v) is 10.0. The van der Waals surface area contributed by atoms with Crippen molar-refractivity contribution < 1.29 is 13.2 Å². The minimum Gasteiger partial charge on any atom is -0.318 e. The average Bonchev–Trinajstić information content (AvgIpc) is 3.04. The highest BCUT2D eigenvalue weighted by Gasteiger charge is 2.15. The van der Waals surface area contributed by atoms with Crippen LogP contribution >= 0.6 is 22.9 Å². The molecule has 0 atom stereocenters. The molecule has 4 aromatic rings. The lowest BCUT2D eigenvalue weighted by Crippen LogP contribution is -2.14. The zero-order valence-electron chi connectivity index (χ0n) is 16.7. The molecule has 0 bridgehead atoms. The normalized spacial score (nSPS) is 12.3. The first kappa shape index (κ1) is 21.3. The Morgan fingerprint density at radius 1 is 1.06 bits per heavy atom. The van der Waals surface area contributed by atoms with Crippen LogP contribution in [0.2, 0.25) is 5.02 Å². The van der Waals surface area contributed by atoms with E-state index in [1.54, 1.807) is 48.0 Å². The molecule has 9 heteroatoms. The van der Waals surface area contributed by atoms with Gasteiger partial charge in [0.1, 0.15) is 0 Å². The summed E-state index contributed by atoms with van der Waals surface area (Å²) in [4.78, 5) is 17.6. The number of fused-ring (bicyclic) bond motifs is 1. The van der Waals surface area contributed by atoms with Crippen molar-refractivity contribution in [1.29, 1.82) is 0 Å². The number of aromatic nitrogens is 1. The molecule has 158 valence electrons. The highest BCUT2D eigenvalue weighted by Crippen LogP contribution is 2.24. The number of nitrogens with zero attached hydrogens (tertiary/aromatic N) is 2. The van der Waals surface area contributed by atoms with Gasteiger partial charge in [-0.05, 0) is 49.4 Å². The maximum atomic E-state index is 12.8. The third-order valence-corrected chi connectivity index (χ3v) is 7.46. The summed E-state index contributed by atoms with van der Waals surface area (Å²) in [5.41, 5.74) is 2.32. The number of carbonyl (C=O) groups is 1. The number of sulfonamides is 1. The van der Waals surface area contributed by atoms with Crippen LogP contribution in [0.4, 0.5) is 5.69 Å².